The molecule has 2 aliphatic rings. The summed E-state index contributed by atoms with van der Waals surface area (Å²) in [5, 5.41) is 2.50. The quantitative estimate of drug-likeness (QED) is 0.529. The van der Waals surface area contributed by atoms with E-state index in [0.29, 0.717) is 13.1 Å². The van der Waals surface area contributed by atoms with Crippen LogP contribution in [0.15, 0.2) is 0 Å². The maximum Gasteiger partial charge on any atom is 0.248 e. The normalized spacial score (nSPS) is 16.4. The van der Waals surface area contributed by atoms with Crippen molar-refractivity contribution in [3.05, 3.63) is 0 Å². The van der Waals surface area contributed by atoms with E-state index in [1.807, 2.05) is 0 Å². The first-order chi connectivity index (χ1) is 11.0. The highest BCUT2D eigenvalue weighted by Crippen LogP contribution is 2.31. The van der Waals surface area contributed by atoms with Gasteiger partial charge in [-0.25, -0.2) is 0 Å². The van der Waals surface area contributed by atoms with Crippen LogP contribution in [0.5, 0.6) is 0 Å². The molecule has 0 saturated heterocycles. The summed E-state index contributed by atoms with van der Waals surface area (Å²) in [6.07, 6.45) is 2.96. The van der Waals surface area contributed by atoms with Crippen molar-refractivity contribution in [2.24, 2.45) is 11.8 Å². The van der Waals surface area contributed by atoms with Crippen LogP contribution in [0.4, 0.5) is 0 Å². The molecule has 0 atom stereocenters. The van der Waals surface area contributed by atoms with E-state index in [1.165, 1.54) is 10.0 Å². The van der Waals surface area contributed by atoms with E-state index in [9.17, 15) is 19.2 Å². The Balaban J connectivity index is 1.77. The Morgan fingerprint density at radius 3 is 1.39 bits per heavy atom. The Morgan fingerprint density at radius 2 is 1.13 bits per heavy atom. The molecule has 0 unspecified atom stereocenters. The fourth-order valence-electron chi connectivity index (χ4n) is 2.21. The van der Waals surface area contributed by atoms with Crippen LogP contribution < -0.4 is 10.9 Å². The number of carbonyl (C=O) groups is 4. The first-order valence-electron chi connectivity index (χ1n) is 8.18. The van der Waals surface area contributed by atoms with Crippen LogP contribution in [-0.2, 0) is 19.2 Å². The molecule has 0 aromatic heterocycles. The molecule has 23 heavy (non-hydrogen) atoms. The van der Waals surface area contributed by atoms with E-state index in [1.54, 1.807) is 13.8 Å². The predicted molar refractivity (Wildman–Crippen MR) is 81.1 cm³/mol. The Morgan fingerprint density at radius 1 is 0.783 bits per heavy atom. The number of nitrogens with zero attached hydrogens (tertiary/aromatic N) is 2. The largest absolute Gasteiger partial charge is 0.273 e. The van der Waals surface area contributed by atoms with Gasteiger partial charge in [0.05, 0.1) is 0 Å². The number of hydrogen-bond donors (Lipinski definition) is 2. The summed E-state index contributed by atoms with van der Waals surface area (Å²) in [6.45, 7) is 4.22. The minimum atomic E-state index is -0.562. The van der Waals surface area contributed by atoms with Gasteiger partial charge in [-0.2, -0.15) is 0 Å². The smallest absolute Gasteiger partial charge is 0.248 e. The summed E-state index contributed by atoms with van der Waals surface area (Å²) >= 11 is 0. The molecule has 0 aliphatic heterocycles. The zero-order valence-electron chi connectivity index (χ0n) is 13.6. The predicted octanol–water partition coefficient (Wildman–Crippen LogP) is -0.0441. The Labute approximate surface area is 135 Å². The van der Waals surface area contributed by atoms with Crippen LogP contribution in [0.3, 0.4) is 0 Å². The van der Waals surface area contributed by atoms with Crippen molar-refractivity contribution >= 4 is 23.6 Å². The first kappa shape index (κ1) is 17.2. The zero-order valence-corrected chi connectivity index (χ0v) is 13.6. The molecule has 0 heterocycles. The van der Waals surface area contributed by atoms with Crippen molar-refractivity contribution in [2.45, 2.75) is 46.0 Å². The summed E-state index contributed by atoms with van der Waals surface area (Å²) in [5.41, 5.74) is 4.91. The molecule has 8 heteroatoms. The molecule has 0 spiro atoms. The van der Waals surface area contributed by atoms with Gasteiger partial charge in [0.15, 0.2) is 0 Å². The second kappa shape index (κ2) is 7.43. The lowest BCUT2D eigenvalue weighted by Gasteiger charge is -2.23. The van der Waals surface area contributed by atoms with Crippen molar-refractivity contribution in [1.29, 1.82) is 0 Å². The topological polar surface area (TPSA) is 98.8 Å². The van der Waals surface area contributed by atoms with Crippen molar-refractivity contribution in [2.75, 3.05) is 13.1 Å². The monoisotopic (exact) mass is 324 g/mol. The maximum absolute atomic E-state index is 11.9. The minimum absolute atomic E-state index is 0.00387. The molecule has 2 aliphatic carbocycles. The number of hydrogen-bond acceptors (Lipinski definition) is 4. The third kappa shape index (κ3) is 4.94. The fourth-order valence-corrected chi connectivity index (χ4v) is 2.21. The van der Waals surface area contributed by atoms with E-state index in [0.717, 1.165) is 25.7 Å². The first-order valence-corrected chi connectivity index (χ1v) is 8.18. The van der Waals surface area contributed by atoms with Crippen LogP contribution in [0, 0.1) is 11.8 Å². The highest BCUT2D eigenvalue weighted by Gasteiger charge is 2.35. The van der Waals surface area contributed by atoms with Crippen LogP contribution in [-0.4, -0.2) is 46.7 Å². The third-order valence-electron chi connectivity index (χ3n) is 3.86. The van der Waals surface area contributed by atoms with Crippen molar-refractivity contribution < 1.29 is 19.2 Å². The van der Waals surface area contributed by atoms with Crippen molar-refractivity contribution in [3.8, 4) is 0 Å². The van der Waals surface area contributed by atoms with Gasteiger partial charge in [0.2, 0.25) is 23.6 Å². The van der Waals surface area contributed by atoms with E-state index in [-0.39, 0.29) is 23.7 Å². The summed E-state index contributed by atoms with van der Waals surface area (Å²) in [6, 6.07) is 0. The summed E-state index contributed by atoms with van der Waals surface area (Å²) in [4.78, 5) is 47.6. The summed E-state index contributed by atoms with van der Waals surface area (Å²) < 4.78 is 0. The van der Waals surface area contributed by atoms with E-state index < -0.39 is 18.2 Å². The number of nitrogens with one attached hydrogen (secondary N) is 2. The third-order valence-corrected chi connectivity index (χ3v) is 3.86. The van der Waals surface area contributed by atoms with Gasteiger partial charge in [0, 0.05) is 24.9 Å². The number of carbonyl (C=O) groups excluding carboxylic acids is 4. The van der Waals surface area contributed by atoms with E-state index in [2.05, 4.69) is 10.9 Å². The summed E-state index contributed by atoms with van der Waals surface area (Å²) in [7, 11) is 0. The molecule has 0 radical (unpaired) electrons. The molecule has 128 valence electrons. The lowest BCUT2D eigenvalue weighted by molar-refractivity contribution is -0.146. The molecule has 4 amide bonds. The van der Waals surface area contributed by atoms with E-state index >= 15 is 0 Å². The molecular weight excluding hydrogens is 300 g/mol. The summed E-state index contributed by atoms with van der Waals surface area (Å²) in [5.74, 6) is -1.35. The Hall–Kier alpha value is -2.12. The van der Waals surface area contributed by atoms with Gasteiger partial charge in [-0.15, -0.1) is 0 Å². The van der Waals surface area contributed by atoms with Gasteiger partial charge in [-0.05, 0) is 39.5 Å². The van der Waals surface area contributed by atoms with Gasteiger partial charge in [-0.3, -0.25) is 40.0 Å². The number of amides is 4. The lowest BCUT2D eigenvalue weighted by atomic mass is 10.3. The number of hydrazine groups is 2. The highest BCUT2D eigenvalue weighted by atomic mass is 16.2. The lowest BCUT2D eigenvalue weighted by Crippen LogP contribution is -2.50. The molecule has 8 nitrogen and oxygen atoms in total. The second-order valence-corrected chi connectivity index (χ2v) is 5.96. The Bertz CT molecular complexity index is 456. The number of rotatable bonds is 6. The van der Waals surface area contributed by atoms with Crippen LogP contribution >= 0.6 is 0 Å². The Kier molecular flexibility index (Phi) is 5.57. The minimum Gasteiger partial charge on any atom is -0.273 e. The molecule has 2 fully saturated rings. The maximum atomic E-state index is 11.9. The van der Waals surface area contributed by atoms with Crippen LogP contribution in [0.25, 0.3) is 0 Å². The SMILES string of the molecule is CCN(NC(=O)CC(=O)NN(CC)C(=O)C1CC1)C(=O)C1CC1. The average molecular weight is 324 g/mol. The standard InChI is InChI=1S/C15H24N4O4/c1-3-18(14(22)10-5-6-10)16-12(20)9-13(21)17-19(4-2)15(23)11-7-8-11/h10-11H,3-9H2,1-2H3,(H,16,20)(H,17,21). The highest BCUT2D eigenvalue weighted by molar-refractivity contribution is 5.98. The van der Waals surface area contributed by atoms with Crippen LogP contribution in [0.1, 0.15) is 46.0 Å². The van der Waals surface area contributed by atoms with Gasteiger partial charge in [-0.1, -0.05) is 0 Å². The molecule has 2 N–H and O–H groups in total. The molecular formula is C15H24N4O4. The zero-order chi connectivity index (χ0) is 17.0. The van der Waals surface area contributed by atoms with Gasteiger partial charge in [0.1, 0.15) is 6.42 Å². The van der Waals surface area contributed by atoms with Crippen molar-refractivity contribution in [1.82, 2.24) is 20.9 Å². The molecule has 2 saturated carbocycles. The second-order valence-electron chi connectivity index (χ2n) is 5.96. The van der Waals surface area contributed by atoms with Crippen molar-refractivity contribution in [3.63, 3.8) is 0 Å². The van der Waals surface area contributed by atoms with Gasteiger partial charge >= 0.3 is 0 Å². The van der Waals surface area contributed by atoms with Gasteiger partial charge in [0.25, 0.3) is 0 Å². The molecule has 0 bridgehead atoms. The fraction of sp³-hybridized carbons (Fsp3) is 0.733. The molecule has 0 aromatic rings. The van der Waals surface area contributed by atoms with E-state index in [4.69, 9.17) is 0 Å². The molecule has 0 aromatic carbocycles. The average Bonchev–Trinajstić information content (AvgIpc) is 3.40. The molecule has 2 rings (SSSR count). The van der Waals surface area contributed by atoms with Gasteiger partial charge < -0.3 is 0 Å². The van der Waals surface area contributed by atoms with Crippen LogP contribution in [0.2, 0.25) is 0 Å².